The van der Waals surface area contributed by atoms with Gasteiger partial charge in [-0.05, 0) is 32.9 Å². The molecular weight excluding hydrogens is 396 g/mol. The van der Waals surface area contributed by atoms with E-state index in [0.717, 1.165) is 23.4 Å². The molecule has 0 spiro atoms. The van der Waals surface area contributed by atoms with Crippen molar-refractivity contribution in [3.8, 4) is 11.5 Å². The van der Waals surface area contributed by atoms with Crippen LogP contribution in [0.3, 0.4) is 0 Å². The minimum Gasteiger partial charge on any atom is -0.490 e. The zero-order valence-corrected chi connectivity index (χ0v) is 17.8. The Morgan fingerprint density at radius 3 is 2.59 bits per heavy atom. The van der Waals surface area contributed by atoms with E-state index in [9.17, 15) is 13.2 Å². The summed E-state index contributed by atoms with van der Waals surface area (Å²) in [5, 5.41) is 7.15. The lowest BCUT2D eigenvalue weighted by atomic mass is 10.1. The molecule has 2 N–H and O–H groups in total. The minimum absolute atomic E-state index is 0.0153. The second kappa shape index (κ2) is 8.42. The average Bonchev–Trinajstić information content (AvgIpc) is 2.83. The van der Waals surface area contributed by atoms with Crippen molar-refractivity contribution in [1.29, 1.82) is 0 Å². The van der Waals surface area contributed by atoms with Crippen LogP contribution in [0.2, 0.25) is 0 Å². The number of hydrogen-bond acceptors (Lipinski definition) is 6. The van der Waals surface area contributed by atoms with Crippen LogP contribution in [-0.4, -0.2) is 43.9 Å². The van der Waals surface area contributed by atoms with Gasteiger partial charge in [0.1, 0.15) is 0 Å². The number of rotatable bonds is 6. The molecule has 0 bridgehead atoms. The Morgan fingerprint density at radius 2 is 1.93 bits per heavy atom. The Labute approximate surface area is 170 Å². The molecule has 0 saturated heterocycles. The minimum atomic E-state index is -3.88. The highest BCUT2D eigenvalue weighted by Crippen LogP contribution is 2.31. The van der Waals surface area contributed by atoms with Gasteiger partial charge < -0.3 is 14.8 Å². The van der Waals surface area contributed by atoms with E-state index in [1.54, 1.807) is 10.7 Å². The van der Waals surface area contributed by atoms with Crippen LogP contribution < -0.4 is 19.5 Å². The average molecular weight is 423 g/mol. The molecular formula is C19H26N4O5S. The fourth-order valence-corrected chi connectivity index (χ4v) is 4.33. The second-order valence-corrected chi connectivity index (χ2v) is 8.75. The molecule has 1 amide bonds. The maximum atomic E-state index is 12.6. The van der Waals surface area contributed by atoms with Crippen LogP contribution in [0.25, 0.3) is 0 Å². The van der Waals surface area contributed by atoms with Gasteiger partial charge in [0.2, 0.25) is 15.9 Å². The van der Waals surface area contributed by atoms with Gasteiger partial charge in [-0.25, -0.2) is 13.1 Å². The lowest BCUT2D eigenvalue weighted by Gasteiger charge is -2.15. The van der Waals surface area contributed by atoms with Gasteiger partial charge in [-0.1, -0.05) is 0 Å². The van der Waals surface area contributed by atoms with Crippen LogP contribution in [0.15, 0.2) is 23.1 Å². The maximum absolute atomic E-state index is 12.6. The number of fused-ring (bicyclic) bond motifs is 1. The Kier molecular flexibility index (Phi) is 6.13. The van der Waals surface area contributed by atoms with Gasteiger partial charge in [0.05, 0.1) is 36.4 Å². The first-order valence-electron chi connectivity index (χ1n) is 9.38. The SMILES string of the molecule is Cc1nn(C)c(C)c1C(C)NC(=O)CNS(=O)(=O)c1ccc2c(c1)OCCCO2. The third-order valence-corrected chi connectivity index (χ3v) is 6.23. The first kappa shape index (κ1) is 21.1. The summed E-state index contributed by atoms with van der Waals surface area (Å²) in [6.45, 7) is 6.23. The number of benzene rings is 1. The van der Waals surface area contributed by atoms with Crippen molar-refractivity contribution in [2.45, 2.75) is 38.1 Å². The van der Waals surface area contributed by atoms with Crippen LogP contribution >= 0.6 is 0 Å². The number of nitrogens with zero attached hydrogens (tertiary/aromatic N) is 2. The lowest BCUT2D eigenvalue weighted by Crippen LogP contribution is -2.38. The molecule has 1 atom stereocenters. The molecule has 0 fully saturated rings. The second-order valence-electron chi connectivity index (χ2n) is 6.98. The van der Waals surface area contributed by atoms with Gasteiger partial charge in [0, 0.05) is 30.8 Å². The van der Waals surface area contributed by atoms with E-state index in [2.05, 4.69) is 15.1 Å². The van der Waals surface area contributed by atoms with Crippen molar-refractivity contribution in [2.24, 2.45) is 7.05 Å². The number of ether oxygens (including phenoxy) is 2. The molecule has 1 aromatic carbocycles. The van der Waals surface area contributed by atoms with Gasteiger partial charge in [0.25, 0.3) is 0 Å². The van der Waals surface area contributed by atoms with Crippen molar-refractivity contribution in [1.82, 2.24) is 19.8 Å². The van der Waals surface area contributed by atoms with Crippen LogP contribution in [0.5, 0.6) is 11.5 Å². The summed E-state index contributed by atoms with van der Waals surface area (Å²) in [4.78, 5) is 12.3. The number of amides is 1. The molecule has 2 aromatic rings. The summed E-state index contributed by atoms with van der Waals surface area (Å²) in [5.41, 5.74) is 2.69. The summed E-state index contributed by atoms with van der Waals surface area (Å²) >= 11 is 0. The largest absolute Gasteiger partial charge is 0.490 e. The van der Waals surface area contributed by atoms with Gasteiger partial charge in [-0.15, -0.1) is 0 Å². The quantitative estimate of drug-likeness (QED) is 0.727. The van der Waals surface area contributed by atoms with E-state index in [-0.39, 0.29) is 17.5 Å². The third kappa shape index (κ3) is 4.70. The fourth-order valence-electron chi connectivity index (χ4n) is 3.34. The number of nitrogens with one attached hydrogen (secondary N) is 2. The zero-order chi connectivity index (χ0) is 21.2. The summed E-state index contributed by atoms with van der Waals surface area (Å²) in [6.07, 6.45) is 0.725. The van der Waals surface area contributed by atoms with Gasteiger partial charge in [0.15, 0.2) is 11.5 Å². The molecule has 0 radical (unpaired) electrons. The normalized spacial score (nSPS) is 14.9. The van der Waals surface area contributed by atoms with E-state index in [4.69, 9.17) is 9.47 Å². The standard InChI is InChI=1S/C19H26N4O5S/c1-12(19-13(2)22-23(4)14(19)3)21-18(24)11-20-29(25,26)15-6-7-16-17(10-15)28-9-5-8-27-16/h6-7,10,12,20H,5,8-9,11H2,1-4H3,(H,21,24). The molecule has 3 rings (SSSR count). The molecule has 1 unspecified atom stereocenters. The third-order valence-electron chi connectivity index (χ3n) is 4.83. The monoisotopic (exact) mass is 422 g/mol. The molecule has 29 heavy (non-hydrogen) atoms. The summed E-state index contributed by atoms with van der Waals surface area (Å²) < 4.78 is 40.3. The fraction of sp³-hybridized carbons (Fsp3) is 0.474. The van der Waals surface area contributed by atoms with Gasteiger partial charge >= 0.3 is 0 Å². The van der Waals surface area contributed by atoms with Gasteiger partial charge in [-0.2, -0.15) is 5.10 Å². The van der Waals surface area contributed by atoms with E-state index in [0.29, 0.717) is 24.7 Å². The van der Waals surface area contributed by atoms with Crippen LogP contribution in [0.4, 0.5) is 0 Å². The molecule has 10 heteroatoms. The number of sulfonamides is 1. The Bertz CT molecular complexity index is 1020. The van der Waals surface area contributed by atoms with Crippen molar-refractivity contribution in [2.75, 3.05) is 19.8 Å². The van der Waals surface area contributed by atoms with Crippen LogP contribution in [-0.2, 0) is 21.9 Å². The van der Waals surface area contributed by atoms with Gasteiger partial charge in [-0.3, -0.25) is 9.48 Å². The number of carbonyl (C=O) groups is 1. The van der Waals surface area contributed by atoms with E-state index in [1.165, 1.54) is 12.1 Å². The number of aryl methyl sites for hydroxylation is 2. The number of hydrogen-bond donors (Lipinski definition) is 2. The molecule has 1 aromatic heterocycles. The highest BCUT2D eigenvalue weighted by Gasteiger charge is 2.22. The first-order valence-corrected chi connectivity index (χ1v) is 10.9. The van der Waals surface area contributed by atoms with Crippen LogP contribution in [0, 0.1) is 13.8 Å². The highest BCUT2D eigenvalue weighted by molar-refractivity contribution is 7.89. The molecule has 0 saturated carbocycles. The molecule has 1 aliphatic rings. The van der Waals surface area contributed by atoms with E-state index < -0.39 is 15.9 Å². The van der Waals surface area contributed by atoms with E-state index >= 15 is 0 Å². The predicted octanol–water partition coefficient (Wildman–Crippen LogP) is 1.35. The zero-order valence-electron chi connectivity index (χ0n) is 17.0. The summed E-state index contributed by atoms with van der Waals surface area (Å²) in [6, 6.07) is 4.11. The van der Waals surface area contributed by atoms with E-state index in [1.807, 2.05) is 27.8 Å². The Balaban J connectivity index is 1.64. The molecule has 9 nitrogen and oxygen atoms in total. The lowest BCUT2D eigenvalue weighted by molar-refractivity contribution is -0.120. The first-order chi connectivity index (χ1) is 13.7. The molecule has 1 aliphatic heterocycles. The smallest absolute Gasteiger partial charge is 0.241 e. The van der Waals surface area contributed by atoms with Crippen molar-refractivity contribution >= 4 is 15.9 Å². The Hall–Kier alpha value is -2.59. The Morgan fingerprint density at radius 1 is 1.24 bits per heavy atom. The topological polar surface area (TPSA) is 112 Å². The van der Waals surface area contributed by atoms with Crippen LogP contribution in [0.1, 0.15) is 36.3 Å². The van der Waals surface area contributed by atoms with Crippen molar-refractivity contribution in [3.05, 3.63) is 35.2 Å². The summed E-state index contributed by atoms with van der Waals surface area (Å²) in [5.74, 6) is 0.458. The molecule has 0 aliphatic carbocycles. The highest BCUT2D eigenvalue weighted by atomic mass is 32.2. The predicted molar refractivity (Wildman–Crippen MR) is 106 cm³/mol. The molecule has 2 heterocycles. The number of carbonyl (C=O) groups excluding carboxylic acids is 1. The van der Waals surface area contributed by atoms with Crippen molar-refractivity contribution < 1.29 is 22.7 Å². The van der Waals surface area contributed by atoms with Crippen molar-refractivity contribution in [3.63, 3.8) is 0 Å². The maximum Gasteiger partial charge on any atom is 0.241 e. The summed E-state index contributed by atoms with van der Waals surface area (Å²) in [7, 11) is -2.04. The molecule has 158 valence electrons. The number of aromatic nitrogens is 2.